The van der Waals surface area contributed by atoms with Gasteiger partial charge >= 0.3 is 11.9 Å². The summed E-state index contributed by atoms with van der Waals surface area (Å²) in [5, 5.41) is 0. The summed E-state index contributed by atoms with van der Waals surface area (Å²) >= 11 is 0. The van der Waals surface area contributed by atoms with E-state index < -0.39 is 11.9 Å². The van der Waals surface area contributed by atoms with Crippen LogP contribution in [0.15, 0.2) is 12.2 Å². The molecule has 0 heterocycles. The summed E-state index contributed by atoms with van der Waals surface area (Å²) in [6.45, 7) is 4.80. The molecule has 1 aliphatic carbocycles. The molecule has 0 spiro atoms. The Kier molecular flexibility index (Phi) is 15.5. The summed E-state index contributed by atoms with van der Waals surface area (Å²) < 4.78 is 10.6. The molecule has 2 unspecified atom stereocenters. The maximum Gasteiger partial charge on any atom is 0.331 e. The summed E-state index contributed by atoms with van der Waals surface area (Å²) in [6, 6.07) is 0. The maximum absolute atomic E-state index is 11.8. The summed E-state index contributed by atoms with van der Waals surface area (Å²) in [5.41, 5.74) is 0. The van der Waals surface area contributed by atoms with E-state index in [1.807, 2.05) is 0 Å². The van der Waals surface area contributed by atoms with E-state index in [4.69, 9.17) is 9.47 Å². The first-order valence-electron chi connectivity index (χ1n) is 12.2. The molecule has 0 radical (unpaired) electrons. The van der Waals surface area contributed by atoms with Gasteiger partial charge in [0.15, 0.2) is 0 Å². The van der Waals surface area contributed by atoms with Gasteiger partial charge in [-0.2, -0.15) is 0 Å². The largest absolute Gasteiger partial charge is 0.463 e. The molecule has 0 aromatic carbocycles. The third kappa shape index (κ3) is 14.3. The van der Waals surface area contributed by atoms with Gasteiger partial charge in [0.1, 0.15) is 6.10 Å². The first-order chi connectivity index (χ1) is 14.1. The van der Waals surface area contributed by atoms with E-state index >= 15 is 0 Å². The topological polar surface area (TPSA) is 52.6 Å². The average molecular weight is 409 g/mol. The molecule has 4 nitrogen and oxygen atoms in total. The van der Waals surface area contributed by atoms with Crippen molar-refractivity contribution in [2.75, 3.05) is 6.61 Å². The van der Waals surface area contributed by atoms with E-state index in [9.17, 15) is 9.59 Å². The highest BCUT2D eigenvalue weighted by molar-refractivity contribution is 5.91. The molecule has 2 atom stereocenters. The van der Waals surface area contributed by atoms with Crippen LogP contribution in [0.25, 0.3) is 0 Å². The number of ether oxygens (including phenoxy) is 2. The van der Waals surface area contributed by atoms with E-state index in [1.54, 1.807) is 0 Å². The lowest BCUT2D eigenvalue weighted by atomic mass is 9.88. The SMILES string of the molecule is CCCCCCCCCCCCCCOC(=O)/C=C/C(=O)OC1CCCCC1C. The van der Waals surface area contributed by atoms with E-state index in [0.29, 0.717) is 12.5 Å². The monoisotopic (exact) mass is 408 g/mol. The van der Waals surface area contributed by atoms with Gasteiger partial charge in [-0.25, -0.2) is 9.59 Å². The summed E-state index contributed by atoms with van der Waals surface area (Å²) in [5.74, 6) is -0.494. The van der Waals surface area contributed by atoms with Crippen LogP contribution in [0.2, 0.25) is 0 Å². The van der Waals surface area contributed by atoms with Crippen molar-refractivity contribution in [2.24, 2.45) is 5.92 Å². The van der Waals surface area contributed by atoms with E-state index in [1.165, 1.54) is 82.8 Å². The predicted octanol–water partition coefficient (Wildman–Crippen LogP) is 6.91. The third-order valence-electron chi connectivity index (χ3n) is 5.90. The number of esters is 2. The summed E-state index contributed by atoms with van der Waals surface area (Å²) in [6.07, 6.45) is 22.1. The van der Waals surface area contributed by atoms with Crippen molar-refractivity contribution in [2.45, 2.75) is 123 Å². The molecular weight excluding hydrogens is 364 g/mol. The molecule has 0 saturated heterocycles. The average Bonchev–Trinajstić information content (AvgIpc) is 2.71. The lowest BCUT2D eigenvalue weighted by molar-refractivity contribution is -0.147. The third-order valence-corrected chi connectivity index (χ3v) is 5.90. The Hall–Kier alpha value is -1.32. The van der Waals surface area contributed by atoms with Crippen LogP contribution in [0.5, 0.6) is 0 Å². The molecule has 29 heavy (non-hydrogen) atoms. The van der Waals surface area contributed by atoms with E-state index in [-0.39, 0.29) is 6.10 Å². The number of carbonyl (C=O) groups is 2. The van der Waals surface area contributed by atoms with Crippen LogP contribution in [0, 0.1) is 5.92 Å². The van der Waals surface area contributed by atoms with E-state index in [0.717, 1.165) is 32.1 Å². The Morgan fingerprint density at radius 1 is 0.759 bits per heavy atom. The Balaban J connectivity index is 1.92. The Bertz CT molecular complexity index is 458. The Labute approximate surface area is 178 Å². The van der Waals surface area contributed by atoms with Crippen LogP contribution in [-0.4, -0.2) is 24.6 Å². The lowest BCUT2D eigenvalue weighted by Gasteiger charge is -2.27. The highest BCUT2D eigenvalue weighted by atomic mass is 16.5. The molecule has 4 heteroatoms. The van der Waals surface area contributed by atoms with Gasteiger partial charge in [-0.05, 0) is 31.6 Å². The second-order valence-electron chi connectivity index (χ2n) is 8.63. The second-order valence-corrected chi connectivity index (χ2v) is 8.63. The smallest absolute Gasteiger partial charge is 0.331 e. The van der Waals surface area contributed by atoms with Crippen LogP contribution >= 0.6 is 0 Å². The minimum atomic E-state index is -0.457. The van der Waals surface area contributed by atoms with Crippen LogP contribution in [0.3, 0.4) is 0 Å². The molecule has 0 aromatic heterocycles. The van der Waals surface area contributed by atoms with Crippen molar-refractivity contribution >= 4 is 11.9 Å². The number of hydrogen-bond donors (Lipinski definition) is 0. The summed E-state index contributed by atoms with van der Waals surface area (Å²) in [7, 11) is 0. The molecule has 0 amide bonds. The fourth-order valence-corrected chi connectivity index (χ4v) is 3.95. The van der Waals surface area contributed by atoms with Gasteiger partial charge in [0.05, 0.1) is 6.61 Å². The van der Waals surface area contributed by atoms with Crippen molar-refractivity contribution in [1.82, 2.24) is 0 Å². The standard InChI is InChI=1S/C25H44O4/c1-3-4-5-6-7-8-9-10-11-12-13-16-21-28-24(26)19-20-25(27)29-23-18-15-14-17-22(23)2/h19-20,22-23H,3-18,21H2,1-2H3/b20-19+. The maximum atomic E-state index is 11.8. The predicted molar refractivity (Wildman–Crippen MR) is 119 cm³/mol. The number of carbonyl (C=O) groups excluding carboxylic acids is 2. The number of rotatable bonds is 16. The van der Waals surface area contributed by atoms with Gasteiger partial charge in [-0.3, -0.25) is 0 Å². The molecule has 0 aliphatic heterocycles. The quantitative estimate of drug-likeness (QED) is 0.158. The molecule has 0 bridgehead atoms. The normalized spacial score (nSPS) is 19.4. The minimum absolute atomic E-state index is 0.0158. The van der Waals surface area contributed by atoms with Gasteiger partial charge in [0.25, 0.3) is 0 Å². The molecule has 1 fully saturated rings. The lowest BCUT2D eigenvalue weighted by Crippen LogP contribution is -2.27. The molecule has 0 N–H and O–H groups in total. The number of hydrogen-bond acceptors (Lipinski definition) is 4. The van der Waals surface area contributed by atoms with Gasteiger partial charge in [0.2, 0.25) is 0 Å². The second kappa shape index (κ2) is 17.5. The first kappa shape index (κ1) is 25.7. The molecule has 1 aliphatic rings. The first-order valence-corrected chi connectivity index (χ1v) is 12.2. The van der Waals surface area contributed by atoms with Crippen LogP contribution < -0.4 is 0 Å². The zero-order valence-corrected chi connectivity index (χ0v) is 19.0. The molecular formula is C25H44O4. The van der Waals surface area contributed by atoms with Crippen molar-refractivity contribution in [3.8, 4) is 0 Å². The minimum Gasteiger partial charge on any atom is -0.463 e. The highest BCUT2D eigenvalue weighted by Crippen LogP contribution is 2.26. The van der Waals surface area contributed by atoms with Crippen molar-refractivity contribution in [3.63, 3.8) is 0 Å². The van der Waals surface area contributed by atoms with Gasteiger partial charge in [-0.1, -0.05) is 90.9 Å². The molecule has 1 saturated carbocycles. The van der Waals surface area contributed by atoms with E-state index in [2.05, 4.69) is 13.8 Å². The molecule has 1 rings (SSSR count). The zero-order chi connectivity index (χ0) is 21.2. The zero-order valence-electron chi connectivity index (χ0n) is 19.0. The van der Waals surface area contributed by atoms with Gasteiger partial charge in [-0.15, -0.1) is 0 Å². The molecule has 168 valence electrons. The fraction of sp³-hybridized carbons (Fsp3) is 0.840. The van der Waals surface area contributed by atoms with Crippen molar-refractivity contribution in [3.05, 3.63) is 12.2 Å². The molecule has 0 aromatic rings. The van der Waals surface area contributed by atoms with Crippen LogP contribution in [0.1, 0.15) is 117 Å². The van der Waals surface area contributed by atoms with Crippen LogP contribution in [-0.2, 0) is 19.1 Å². The Morgan fingerprint density at radius 2 is 1.28 bits per heavy atom. The fourth-order valence-electron chi connectivity index (χ4n) is 3.95. The summed E-state index contributed by atoms with van der Waals surface area (Å²) in [4.78, 5) is 23.5. The Morgan fingerprint density at radius 3 is 1.86 bits per heavy atom. The van der Waals surface area contributed by atoms with Crippen LogP contribution in [0.4, 0.5) is 0 Å². The van der Waals surface area contributed by atoms with Gasteiger partial charge < -0.3 is 9.47 Å². The van der Waals surface area contributed by atoms with Crippen molar-refractivity contribution in [1.29, 1.82) is 0 Å². The van der Waals surface area contributed by atoms with Crippen molar-refractivity contribution < 1.29 is 19.1 Å². The number of unbranched alkanes of at least 4 members (excludes halogenated alkanes) is 11. The highest BCUT2D eigenvalue weighted by Gasteiger charge is 2.23. The van der Waals surface area contributed by atoms with Gasteiger partial charge in [0, 0.05) is 12.2 Å².